The molecule has 0 aliphatic carbocycles. The number of nitrogens with two attached hydrogens (primary N) is 1. The zero-order valence-corrected chi connectivity index (χ0v) is 6.74. The summed E-state index contributed by atoms with van der Waals surface area (Å²) in [5, 5.41) is 17.9. The lowest BCUT2D eigenvalue weighted by Gasteiger charge is -2.05. The number of carboxylic acid groups (broad SMARTS) is 1. The first kappa shape index (κ1) is 5.99. The second kappa shape index (κ2) is 3.91. The Hall–Kier alpha value is -1.55. The molecule has 0 aromatic heterocycles. The van der Waals surface area contributed by atoms with Gasteiger partial charge in [0.05, 0.1) is 4.11 Å². The lowest BCUT2D eigenvalue weighted by Crippen LogP contribution is -2.32. The first-order valence-electron chi connectivity index (χ1n) is 5.11. The molecule has 0 saturated carbocycles. The molecule has 0 amide bonds. The summed E-state index contributed by atoms with van der Waals surface area (Å²) in [6.07, 6.45) is -0.221. The number of aromatic hydroxyl groups is 1. The highest BCUT2D eigenvalue weighted by molar-refractivity contribution is 5.73. The number of benzene rings is 1. The topological polar surface area (TPSA) is 83.6 Å². The van der Waals surface area contributed by atoms with Gasteiger partial charge in [-0.05, 0) is 24.1 Å². The minimum atomic E-state index is -1.24. The Labute approximate surface area is 79.8 Å². The van der Waals surface area contributed by atoms with E-state index in [1.54, 1.807) is 0 Å². The molecule has 1 aromatic rings. The molecular formula is C9H11NO3. The molecule has 0 bridgehead atoms. The Bertz CT molecular complexity index is 436. The van der Waals surface area contributed by atoms with Crippen molar-refractivity contribution in [3.8, 4) is 5.75 Å². The molecule has 1 atom stereocenters. The van der Waals surface area contributed by atoms with Gasteiger partial charge >= 0.3 is 5.97 Å². The summed E-state index contributed by atoms with van der Waals surface area (Å²) in [4.78, 5) is 10.5. The van der Waals surface area contributed by atoms with Gasteiger partial charge in [-0.15, -0.1) is 0 Å². The summed E-state index contributed by atoms with van der Waals surface area (Å²) >= 11 is 0. The van der Waals surface area contributed by atoms with Crippen molar-refractivity contribution in [1.82, 2.24) is 0 Å². The Morgan fingerprint density at radius 3 is 3.00 bits per heavy atom. The van der Waals surface area contributed by atoms with Crippen molar-refractivity contribution < 1.29 is 19.1 Å². The summed E-state index contributed by atoms with van der Waals surface area (Å²) in [6, 6.07) is -1.08. The van der Waals surface area contributed by atoms with E-state index in [0.717, 1.165) is 6.07 Å². The molecule has 4 heteroatoms. The van der Waals surface area contributed by atoms with Crippen LogP contribution in [0.4, 0.5) is 0 Å². The van der Waals surface area contributed by atoms with E-state index in [-0.39, 0.29) is 24.1 Å². The number of phenols is 1. The number of hydrogen-bond acceptors (Lipinski definition) is 3. The van der Waals surface area contributed by atoms with Gasteiger partial charge < -0.3 is 15.9 Å². The molecule has 0 saturated heterocycles. The number of rotatable bonds is 3. The van der Waals surface area contributed by atoms with E-state index in [2.05, 4.69) is 0 Å². The highest BCUT2D eigenvalue weighted by Crippen LogP contribution is 2.11. The van der Waals surface area contributed by atoms with Crippen molar-refractivity contribution in [2.45, 2.75) is 12.5 Å². The lowest BCUT2D eigenvalue weighted by molar-refractivity contribution is -0.138. The second-order valence-corrected chi connectivity index (χ2v) is 2.53. The molecule has 13 heavy (non-hydrogen) atoms. The van der Waals surface area contributed by atoms with Crippen LogP contribution in [0.3, 0.4) is 0 Å². The quantitative estimate of drug-likeness (QED) is 0.632. The van der Waals surface area contributed by atoms with Crippen LogP contribution in [0.1, 0.15) is 9.68 Å². The average Bonchev–Trinajstić information content (AvgIpc) is 2.20. The maximum Gasteiger partial charge on any atom is 0.320 e. The number of phenolic OH excluding ortho intramolecular Hbond substituents is 1. The maximum absolute atomic E-state index is 10.5. The van der Waals surface area contributed by atoms with E-state index in [9.17, 15) is 9.90 Å². The molecule has 4 nitrogen and oxygen atoms in total. The Morgan fingerprint density at radius 1 is 1.69 bits per heavy atom. The van der Waals surface area contributed by atoms with Gasteiger partial charge in [0, 0.05) is 0 Å². The van der Waals surface area contributed by atoms with E-state index < -0.39 is 23.8 Å². The molecule has 0 fully saturated rings. The van der Waals surface area contributed by atoms with Crippen molar-refractivity contribution in [2.75, 3.05) is 0 Å². The van der Waals surface area contributed by atoms with Gasteiger partial charge in [-0.1, -0.05) is 12.1 Å². The van der Waals surface area contributed by atoms with Crippen molar-refractivity contribution in [3.63, 3.8) is 0 Å². The fraction of sp³-hybridized carbons (Fsp3) is 0.222. The first-order chi connectivity index (χ1) is 7.34. The summed E-state index contributed by atoms with van der Waals surface area (Å²) in [6.45, 7) is 0. The molecule has 1 aromatic carbocycles. The molecule has 0 aliphatic heterocycles. The van der Waals surface area contributed by atoms with Gasteiger partial charge in [0.15, 0.2) is 0 Å². The lowest BCUT2D eigenvalue weighted by atomic mass is 10.1. The van der Waals surface area contributed by atoms with Crippen LogP contribution in [0.2, 0.25) is 0 Å². The molecule has 0 heterocycles. The van der Waals surface area contributed by atoms with Crippen molar-refractivity contribution in [2.24, 2.45) is 5.73 Å². The molecule has 70 valence electrons. The largest absolute Gasteiger partial charge is 0.508 e. The Morgan fingerprint density at radius 2 is 2.38 bits per heavy atom. The van der Waals surface area contributed by atoms with Gasteiger partial charge in [0.2, 0.25) is 0 Å². The highest BCUT2D eigenvalue weighted by atomic mass is 16.4. The van der Waals surface area contributed by atoms with E-state index in [1.807, 2.05) is 0 Å². The van der Waals surface area contributed by atoms with Gasteiger partial charge in [-0.3, -0.25) is 4.79 Å². The fourth-order valence-electron chi connectivity index (χ4n) is 0.824. The van der Waals surface area contributed by atoms with Crippen LogP contribution in [0, 0.1) is 0 Å². The van der Waals surface area contributed by atoms with Gasteiger partial charge in [0.25, 0.3) is 0 Å². The summed E-state index contributed by atoms with van der Waals surface area (Å²) in [5.74, 6) is -1.81. The van der Waals surface area contributed by atoms with Crippen molar-refractivity contribution in [1.29, 1.82) is 0 Å². The summed E-state index contributed by atoms with van der Waals surface area (Å²) in [5.41, 5.74) is 5.31. The van der Waals surface area contributed by atoms with Crippen LogP contribution in [0.25, 0.3) is 0 Å². The molecule has 4 N–H and O–H groups in total. The predicted molar refractivity (Wildman–Crippen MR) is 47.4 cm³/mol. The molecule has 0 radical (unpaired) electrons. The standard InChI is InChI=1S/C9H11NO3/c10-8(9(12)13)5-6-2-1-3-7(11)4-6/h1-4,8,11H,5,10H2,(H,12,13)/t8-/m0/s1/i2D,3D,4D. The van der Waals surface area contributed by atoms with Crippen LogP contribution < -0.4 is 5.73 Å². The van der Waals surface area contributed by atoms with Gasteiger partial charge in [0.1, 0.15) is 11.8 Å². The van der Waals surface area contributed by atoms with E-state index in [1.165, 1.54) is 0 Å². The van der Waals surface area contributed by atoms with E-state index in [4.69, 9.17) is 15.0 Å². The number of carboxylic acids is 1. The summed E-state index contributed by atoms with van der Waals surface area (Å²) < 4.78 is 22.2. The van der Waals surface area contributed by atoms with Gasteiger partial charge in [-0.2, -0.15) is 0 Å². The second-order valence-electron chi connectivity index (χ2n) is 2.53. The number of hydrogen-bond donors (Lipinski definition) is 3. The average molecular weight is 184 g/mol. The highest BCUT2D eigenvalue weighted by Gasteiger charge is 2.11. The van der Waals surface area contributed by atoms with Crippen molar-refractivity contribution in [3.05, 3.63) is 29.8 Å². The fourth-order valence-corrected chi connectivity index (χ4v) is 0.824. The Balaban J connectivity index is 3.14. The van der Waals surface area contributed by atoms with Gasteiger partial charge in [-0.25, -0.2) is 0 Å². The number of aliphatic carboxylic acids is 1. The van der Waals surface area contributed by atoms with Crippen LogP contribution in [-0.4, -0.2) is 22.2 Å². The molecule has 0 spiro atoms. The maximum atomic E-state index is 10.5. The predicted octanol–water partition coefficient (Wildman–Crippen LogP) is 0.347. The van der Waals surface area contributed by atoms with Crippen LogP contribution in [0.5, 0.6) is 5.75 Å². The van der Waals surface area contributed by atoms with Crippen LogP contribution in [-0.2, 0) is 11.2 Å². The summed E-state index contributed by atoms with van der Waals surface area (Å²) in [7, 11) is 0. The first-order valence-corrected chi connectivity index (χ1v) is 3.61. The molecule has 0 unspecified atom stereocenters. The monoisotopic (exact) mass is 184 g/mol. The van der Waals surface area contributed by atoms with E-state index in [0.29, 0.717) is 0 Å². The zero-order chi connectivity index (χ0) is 12.5. The third-order valence-electron chi connectivity index (χ3n) is 1.47. The molecular weight excluding hydrogens is 170 g/mol. The Kier molecular flexibility index (Phi) is 1.80. The minimum absolute atomic E-state index is 0.0309. The van der Waals surface area contributed by atoms with E-state index >= 15 is 0 Å². The van der Waals surface area contributed by atoms with Crippen molar-refractivity contribution >= 4 is 5.97 Å². The van der Waals surface area contributed by atoms with Crippen LogP contribution in [0.15, 0.2) is 24.2 Å². The zero-order valence-electron chi connectivity index (χ0n) is 9.74. The SMILES string of the molecule is [2H]c1cc([2H])c(C[C@H](N)C(=O)O)c([2H])c1O. The van der Waals surface area contributed by atoms with Crippen LogP contribution >= 0.6 is 0 Å². The third kappa shape index (κ3) is 2.76. The normalized spacial score (nSPS) is 15.6. The minimum Gasteiger partial charge on any atom is -0.508 e. The smallest absolute Gasteiger partial charge is 0.320 e. The molecule has 0 aliphatic rings. The number of carbonyl (C=O) groups is 1. The molecule has 1 rings (SSSR count). The third-order valence-corrected chi connectivity index (χ3v) is 1.47.